The van der Waals surface area contributed by atoms with Crippen molar-refractivity contribution in [2.24, 2.45) is 0 Å². The van der Waals surface area contributed by atoms with Gasteiger partial charge in [0, 0.05) is 44.2 Å². The fourth-order valence-electron chi connectivity index (χ4n) is 4.49. The lowest BCUT2D eigenvalue weighted by molar-refractivity contribution is -0.136. The van der Waals surface area contributed by atoms with E-state index in [2.05, 4.69) is 15.1 Å². The van der Waals surface area contributed by atoms with Crippen molar-refractivity contribution in [1.82, 2.24) is 15.1 Å². The van der Waals surface area contributed by atoms with Gasteiger partial charge in [-0.25, -0.2) is 0 Å². The first-order valence-electron chi connectivity index (χ1n) is 9.01. The number of carbonyl (C=O) groups excluding carboxylic acids is 1. The van der Waals surface area contributed by atoms with Crippen LogP contribution in [0.5, 0.6) is 0 Å². The van der Waals surface area contributed by atoms with Crippen molar-refractivity contribution in [2.75, 3.05) is 46.4 Å². The van der Waals surface area contributed by atoms with Gasteiger partial charge in [-0.1, -0.05) is 12.8 Å². The van der Waals surface area contributed by atoms with Gasteiger partial charge >= 0.3 is 0 Å². The number of hydrogen-bond acceptors (Lipinski definition) is 4. The Hall–Kier alpha value is -0.650. The number of nitrogens with zero attached hydrogens (tertiary/aromatic N) is 2. The van der Waals surface area contributed by atoms with Gasteiger partial charge in [0.2, 0.25) is 5.91 Å². The molecule has 0 spiro atoms. The van der Waals surface area contributed by atoms with E-state index in [0.717, 1.165) is 58.7 Å². The molecule has 0 radical (unpaired) electrons. The third-order valence-corrected chi connectivity index (χ3v) is 5.95. The van der Waals surface area contributed by atoms with Crippen LogP contribution in [0.15, 0.2) is 0 Å². The van der Waals surface area contributed by atoms with Crippen molar-refractivity contribution in [1.29, 1.82) is 0 Å². The van der Waals surface area contributed by atoms with Gasteiger partial charge in [0.1, 0.15) is 0 Å². The summed E-state index contributed by atoms with van der Waals surface area (Å²) < 4.78 is 5.51. The molecule has 126 valence electrons. The number of amides is 1. The second kappa shape index (κ2) is 7.28. The average molecular weight is 309 g/mol. The van der Waals surface area contributed by atoms with E-state index in [-0.39, 0.29) is 5.54 Å². The smallest absolute Gasteiger partial charge is 0.224 e. The molecule has 3 aliphatic rings. The summed E-state index contributed by atoms with van der Waals surface area (Å²) in [7, 11) is 2.02. The molecule has 0 aromatic rings. The van der Waals surface area contributed by atoms with E-state index in [1.165, 1.54) is 25.7 Å². The van der Waals surface area contributed by atoms with Crippen molar-refractivity contribution in [2.45, 2.75) is 56.5 Å². The Morgan fingerprint density at radius 3 is 2.36 bits per heavy atom. The second-order valence-electron chi connectivity index (χ2n) is 7.15. The van der Waals surface area contributed by atoms with Crippen LogP contribution in [-0.2, 0) is 9.53 Å². The first-order valence-corrected chi connectivity index (χ1v) is 9.01. The normalized spacial score (nSPS) is 27.2. The third kappa shape index (κ3) is 3.47. The first kappa shape index (κ1) is 16.2. The van der Waals surface area contributed by atoms with Crippen LogP contribution < -0.4 is 5.32 Å². The average Bonchev–Trinajstić information content (AvgIpc) is 3.05. The Kier molecular flexibility index (Phi) is 5.37. The predicted octanol–water partition coefficient (Wildman–Crippen LogP) is 1.23. The lowest BCUT2D eigenvalue weighted by atomic mass is 9.89. The van der Waals surface area contributed by atoms with Crippen LogP contribution in [0.4, 0.5) is 0 Å². The second-order valence-corrected chi connectivity index (χ2v) is 7.15. The number of likely N-dealkylation sites (tertiary alicyclic amines) is 1. The zero-order chi connectivity index (χ0) is 15.4. The summed E-state index contributed by atoms with van der Waals surface area (Å²) in [6, 6.07) is 0.587. The number of piperidine rings is 1. The minimum atomic E-state index is 0.126. The highest BCUT2D eigenvalue weighted by Gasteiger charge is 2.42. The number of nitrogens with one attached hydrogen (secondary N) is 1. The molecule has 0 bridgehead atoms. The highest BCUT2D eigenvalue weighted by molar-refractivity contribution is 5.77. The molecule has 1 saturated carbocycles. The zero-order valence-corrected chi connectivity index (χ0v) is 14.0. The van der Waals surface area contributed by atoms with Crippen LogP contribution in [0.1, 0.15) is 44.9 Å². The van der Waals surface area contributed by atoms with E-state index < -0.39 is 0 Å². The Balaban J connectivity index is 1.60. The lowest BCUT2D eigenvalue weighted by Crippen LogP contribution is -2.55. The number of hydrogen-bond donors (Lipinski definition) is 1. The van der Waals surface area contributed by atoms with Gasteiger partial charge in [-0.05, 0) is 32.7 Å². The number of carbonyl (C=O) groups is 1. The van der Waals surface area contributed by atoms with E-state index in [4.69, 9.17) is 4.74 Å². The number of rotatable bonds is 4. The van der Waals surface area contributed by atoms with Crippen molar-refractivity contribution < 1.29 is 9.53 Å². The number of morpholine rings is 1. The van der Waals surface area contributed by atoms with Crippen LogP contribution in [0, 0.1) is 0 Å². The van der Waals surface area contributed by atoms with E-state index in [9.17, 15) is 4.79 Å². The van der Waals surface area contributed by atoms with Gasteiger partial charge in [0.05, 0.1) is 13.2 Å². The van der Waals surface area contributed by atoms with Crippen molar-refractivity contribution >= 4 is 5.91 Å². The maximum absolute atomic E-state index is 12.8. The van der Waals surface area contributed by atoms with E-state index in [1.807, 2.05) is 7.05 Å². The Morgan fingerprint density at radius 1 is 1.14 bits per heavy atom. The minimum absolute atomic E-state index is 0.126. The Bertz CT molecular complexity index is 368. The molecule has 1 amide bonds. The van der Waals surface area contributed by atoms with Gasteiger partial charge in [-0.3, -0.25) is 9.69 Å². The van der Waals surface area contributed by atoms with Crippen molar-refractivity contribution in [3.63, 3.8) is 0 Å². The van der Waals surface area contributed by atoms with Crippen LogP contribution in [0.25, 0.3) is 0 Å². The molecule has 0 atom stereocenters. The van der Waals surface area contributed by atoms with E-state index in [0.29, 0.717) is 11.9 Å². The number of ether oxygens (including phenoxy) is 1. The van der Waals surface area contributed by atoms with Crippen LogP contribution >= 0.6 is 0 Å². The Morgan fingerprint density at radius 2 is 1.77 bits per heavy atom. The SMILES string of the molecule is CNC1CCN(C(=O)CC2(N3CCOCC3)CCCC2)CC1. The largest absolute Gasteiger partial charge is 0.379 e. The molecule has 2 heterocycles. The molecule has 2 aliphatic heterocycles. The van der Waals surface area contributed by atoms with Crippen LogP contribution in [0.3, 0.4) is 0 Å². The van der Waals surface area contributed by atoms with Crippen LogP contribution in [0.2, 0.25) is 0 Å². The molecule has 0 aromatic heterocycles. The van der Waals surface area contributed by atoms with Crippen molar-refractivity contribution in [3.05, 3.63) is 0 Å². The molecule has 2 saturated heterocycles. The molecule has 3 rings (SSSR count). The molecular formula is C17H31N3O2. The van der Waals surface area contributed by atoms with Gasteiger partial charge in [0.25, 0.3) is 0 Å². The lowest BCUT2D eigenvalue weighted by Gasteiger charge is -2.44. The summed E-state index contributed by atoms with van der Waals surface area (Å²) in [4.78, 5) is 17.5. The quantitative estimate of drug-likeness (QED) is 0.848. The van der Waals surface area contributed by atoms with Gasteiger partial charge in [-0.15, -0.1) is 0 Å². The standard InChI is InChI=1S/C17H31N3O2/c1-18-15-4-8-19(9-5-15)16(21)14-17(6-2-3-7-17)20-10-12-22-13-11-20/h15,18H,2-14H2,1H3. The summed E-state index contributed by atoms with van der Waals surface area (Å²) in [5.41, 5.74) is 0.126. The molecular weight excluding hydrogens is 278 g/mol. The van der Waals surface area contributed by atoms with Gasteiger partial charge in [0.15, 0.2) is 0 Å². The molecule has 0 aromatic carbocycles. The molecule has 5 nitrogen and oxygen atoms in total. The van der Waals surface area contributed by atoms with Crippen LogP contribution in [-0.4, -0.2) is 73.7 Å². The van der Waals surface area contributed by atoms with Crippen molar-refractivity contribution in [3.8, 4) is 0 Å². The summed E-state index contributed by atoms with van der Waals surface area (Å²) >= 11 is 0. The molecule has 1 aliphatic carbocycles. The van der Waals surface area contributed by atoms with E-state index in [1.54, 1.807) is 0 Å². The summed E-state index contributed by atoms with van der Waals surface area (Å²) in [6.07, 6.45) is 7.81. The molecule has 3 fully saturated rings. The summed E-state index contributed by atoms with van der Waals surface area (Å²) in [5, 5.41) is 3.34. The summed E-state index contributed by atoms with van der Waals surface area (Å²) in [6.45, 7) is 5.48. The van der Waals surface area contributed by atoms with Gasteiger partial charge < -0.3 is 15.0 Å². The minimum Gasteiger partial charge on any atom is -0.379 e. The zero-order valence-electron chi connectivity index (χ0n) is 14.0. The maximum atomic E-state index is 12.8. The highest BCUT2D eigenvalue weighted by Crippen LogP contribution is 2.39. The topological polar surface area (TPSA) is 44.8 Å². The fraction of sp³-hybridized carbons (Fsp3) is 0.941. The van der Waals surface area contributed by atoms with Gasteiger partial charge in [-0.2, -0.15) is 0 Å². The predicted molar refractivity (Wildman–Crippen MR) is 86.9 cm³/mol. The third-order valence-electron chi connectivity index (χ3n) is 5.95. The highest BCUT2D eigenvalue weighted by atomic mass is 16.5. The summed E-state index contributed by atoms with van der Waals surface area (Å²) in [5.74, 6) is 0.378. The molecule has 5 heteroatoms. The molecule has 1 N–H and O–H groups in total. The monoisotopic (exact) mass is 309 g/mol. The Labute approximate surface area is 134 Å². The molecule has 22 heavy (non-hydrogen) atoms. The first-order chi connectivity index (χ1) is 10.7. The maximum Gasteiger partial charge on any atom is 0.224 e. The van der Waals surface area contributed by atoms with E-state index >= 15 is 0 Å². The fourth-order valence-corrected chi connectivity index (χ4v) is 4.49. The molecule has 0 unspecified atom stereocenters.